The average molecular weight is 378 g/mol. The van der Waals surface area contributed by atoms with Crippen molar-refractivity contribution in [2.45, 2.75) is 26.3 Å². The van der Waals surface area contributed by atoms with Crippen LogP contribution in [0.3, 0.4) is 0 Å². The van der Waals surface area contributed by atoms with Crippen LogP contribution in [-0.2, 0) is 0 Å². The zero-order chi connectivity index (χ0) is 15.6. The smallest absolute Gasteiger partial charge is 0.194 e. The molecule has 0 spiro atoms. The van der Waals surface area contributed by atoms with Crippen LogP contribution in [0.2, 0.25) is 0 Å². The molecule has 0 aliphatic carbocycles. The number of hydrogen-bond donors (Lipinski definition) is 1. The minimum absolute atomic E-state index is 0.357. The molecule has 1 aromatic carbocycles. The highest BCUT2D eigenvalue weighted by atomic mass is 79.9. The zero-order valence-electron chi connectivity index (χ0n) is 11.6. The van der Waals surface area contributed by atoms with Crippen LogP contribution in [0.25, 0.3) is 0 Å². The standard InChI is InChI=1S/C15H15BrF3NS/c1-3-4-20-15(13-7-10(16)8(2)21-13)9-5-11(17)14(19)12(18)6-9/h5-7,15,20H,3-4H2,1-2H3. The normalized spacial score (nSPS) is 12.7. The maximum atomic E-state index is 13.5. The molecule has 1 nitrogen and oxygen atoms in total. The number of benzene rings is 1. The van der Waals surface area contributed by atoms with Crippen molar-refractivity contribution in [2.75, 3.05) is 6.54 Å². The van der Waals surface area contributed by atoms with Gasteiger partial charge in [-0.15, -0.1) is 11.3 Å². The molecule has 0 aliphatic rings. The van der Waals surface area contributed by atoms with Crippen LogP contribution in [0.15, 0.2) is 22.7 Å². The zero-order valence-corrected chi connectivity index (χ0v) is 14.0. The molecule has 1 unspecified atom stereocenters. The van der Waals surface area contributed by atoms with E-state index in [1.54, 1.807) is 0 Å². The number of nitrogens with one attached hydrogen (secondary N) is 1. The fourth-order valence-electron chi connectivity index (χ4n) is 2.04. The van der Waals surface area contributed by atoms with Crippen molar-refractivity contribution in [2.24, 2.45) is 0 Å². The van der Waals surface area contributed by atoms with Gasteiger partial charge in [-0.1, -0.05) is 6.92 Å². The second-order valence-corrected chi connectivity index (χ2v) is 6.88. The van der Waals surface area contributed by atoms with Crippen molar-refractivity contribution < 1.29 is 13.2 Å². The lowest BCUT2D eigenvalue weighted by atomic mass is 10.0. The van der Waals surface area contributed by atoms with Gasteiger partial charge in [0.1, 0.15) is 0 Å². The van der Waals surface area contributed by atoms with E-state index in [1.165, 1.54) is 11.3 Å². The number of hydrogen-bond acceptors (Lipinski definition) is 2. The molecule has 0 saturated heterocycles. The van der Waals surface area contributed by atoms with E-state index < -0.39 is 17.5 Å². The van der Waals surface area contributed by atoms with Crippen molar-refractivity contribution in [3.63, 3.8) is 0 Å². The molecule has 0 saturated carbocycles. The summed E-state index contributed by atoms with van der Waals surface area (Å²) in [5.41, 5.74) is 0.383. The van der Waals surface area contributed by atoms with Crippen LogP contribution in [0.4, 0.5) is 13.2 Å². The van der Waals surface area contributed by atoms with Gasteiger partial charge in [-0.2, -0.15) is 0 Å². The molecule has 0 amide bonds. The second kappa shape index (κ2) is 6.94. The fraction of sp³-hybridized carbons (Fsp3) is 0.333. The fourth-order valence-corrected chi connectivity index (χ4v) is 3.70. The van der Waals surface area contributed by atoms with Crippen LogP contribution in [-0.4, -0.2) is 6.54 Å². The maximum Gasteiger partial charge on any atom is 0.194 e. The summed E-state index contributed by atoms with van der Waals surface area (Å²) in [7, 11) is 0. The van der Waals surface area contributed by atoms with Crippen molar-refractivity contribution in [3.8, 4) is 0 Å². The lowest BCUT2D eigenvalue weighted by Crippen LogP contribution is -2.23. The third-order valence-corrected chi connectivity index (χ3v) is 5.30. The molecule has 0 aliphatic heterocycles. The van der Waals surface area contributed by atoms with Gasteiger partial charge in [0.15, 0.2) is 17.5 Å². The van der Waals surface area contributed by atoms with Gasteiger partial charge >= 0.3 is 0 Å². The highest BCUT2D eigenvalue weighted by Crippen LogP contribution is 2.34. The molecule has 2 aromatic rings. The van der Waals surface area contributed by atoms with E-state index in [2.05, 4.69) is 21.2 Å². The van der Waals surface area contributed by atoms with E-state index >= 15 is 0 Å². The molecular weight excluding hydrogens is 363 g/mol. The number of aryl methyl sites for hydroxylation is 1. The molecule has 6 heteroatoms. The number of thiophene rings is 1. The van der Waals surface area contributed by atoms with Gasteiger partial charge in [0, 0.05) is 14.2 Å². The maximum absolute atomic E-state index is 13.5. The van der Waals surface area contributed by atoms with E-state index in [4.69, 9.17) is 0 Å². The van der Waals surface area contributed by atoms with E-state index in [-0.39, 0.29) is 6.04 Å². The summed E-state index contributed by atoms with van der Waals surface area (Å²) in [5.74, 6) is -3.77. The molecule has 0 fully saturated rings. The van der Waals surface area contributed by atoms with Gasteiger partial charge < -0.3 is 5.32 Å². The molecule has 1 aromatic heterocycles. The molecule has 0 bridgehead atoms. The Labute approximate surface area is 134 Å². The first-order valence-corrected chi connectivity index (χ1v) is 8.18. The van der Waals surface area contributed by atoms with Gasteiger partial charge in [-0.25, -0.2) is 13.2 Å². The highest BCUT2D eigenvalue weighted by Gasteiger charge is 2.20. The molecule has 21 heavy (non-hydrogen) atoms. The van der Waals surface area contributed by atoms with Crippen LogP contribution in [0.1, 0.15) is 34.7 Å². The van der Waals surface area contributed by atoms with Gasteiger partial charge in [-0.05, 0) is 59.6 Å². The monoisotopic (exact) mass is 377 g/mol. The van der Waals surface area contributed by atoms with Crippen molar-refractivity contribution in [1.82, 2.24) is 5.32 Å². The minimum atomic E-state index is -1.43. The topological polar surface area (TPSA) is 12.0 Å². The van der Waals surface area contributed by atoms with E-state index in [9.17, 15) is 13.2 Å². The first-order valence-electron chi connectivity index (χ1n) is 6.57. The predicted octanol–water partition coefficient (Wildman–Crippen LogP) is 5.33. The van der Waals surface area contributed by atoms with E-state index in [0.29, 0.717) is 12.1 Å². The largest absolute Gasteiger partial charge is 0.306 e. The van der Waals surface area contributed by atoms with Gasteiger partial charge in [-0.3, -0.25) is 0 Å². The van der Waals surface area contributed by atoms with Crippen molar-refractivity contribution in [3.05, 3.63) is 55.4 Å². The third-order valence-electron chi connectivity index (χ3n) is 3.10. The summed E-state index contributed by atoms with van der Waals surface area (Å²) in [6.07, 6.45) is 0.883. The molecule has 0 radical (unpaired) electrons. The molecule has 1 N–H and O–H groups in total. The Morgan fingerprint density at radius 2 is 1.81 bits per heavy atom. The summed E-state index contributed by atoms with van der Waals surface area (Å²) in [6.45, 7) is 4.66. The first-order chi connectivity index (χ1) is 9.93. The SMILES string of the molecule is CCCNC(c1cc(F)c(F)c(F)c1)c1cc(Br)c(C)s1. The Morgan fingerprint density at radius 1 is 1.19 bits per heavy atom. The molecule has 1 atom stereocenters. The van der Waals surface area contributed by atoms with Gasteiger partial charge in [0.25, 0.3) is 0 Å². The highest BCUT2D eigenvalue weighted by molar-refractivity contribution is 9.10. The van der Waals surface area contributed by atoms with E-state index in [1.807, 2.05) is 19.9 Å². The number of rotatable bonds is 5. The summed E-state index contributed by atoms with van der Waals surface area (Å²) in [4.78, 5) is 2.01. The van der Waals surface area contributed by atoms with Gasteiger partial charge in [0.2, 0.25) is 0 Å². The Balaban J connectivity index is 2.45. The summed E-state index contributed by atoms with van der Waals surface area (Å²) >= 11 is 4.98. The van der Waals surface area contributed by atoms with Crippen LogP contribution >= 0.6 is 27.3 Å². The summed E-state index contributed by atoms with van der Waals surface area (Å²) in [6, 6.07) is 3.67. The van der Waals surface area contributed by atoms with Crippen LogP contribution in [0, 0.1) is 24.4 Å². The average Bonchev–Trinajstić information content (AvgIpc) is 2.76. The van der Waals surface area contributed by atoms with Crippen molar-refractivity contribution in [1.29, 1.82) is 0 Å². The Kier molecular flexibility index (Phi) is 5.46. The summed E-state index contributed by atoms with van der Waals surface area (Å²) in [5, 5.41) is 3.25. The van der Waals surface area contributed by atoms with E-state index in [0.717, 1.165) is 32.8 Å². The lowest BCUT2D eigenvalue weighted by Gasteiger charge is -2.18. The molecule has 114 valence electrons. The Hall–Kier alpha value is -0.850. The van der Waals surface area contributed by atoms with Crippen LogP contribution in [0.5, 0.6) is 0 Å². The quantitative estimate of drug-likeness (QED) is 0.694. The third kappa shape index (κ3) is 3.67. The number of halogens is 4. The summed E-state index contributed by atoms with van der Waals surface area (Å²) < 4.78 is 41.0. The predicted molar refractivity (Wildman–Crippen MR) is 83.2 cm³/mol. The molecule has 1 heterocycles. The Morgan fingerprint density at radius 3 is 2.29 bits per heavy atom. The second-order valence-electron chi connectivity index (χ2n) is 4.74. The van der Waals surface area contributed by atoms with Crippen LogP contribution < -0.4 is 5.32 Å². The van der Waals surface area contributed by atoms with Gasteiger partial charge in [0.05, 0.1) is 6.04 Å². The Bertz CT molecular complexity index is 599. The van der Waals surface area contributed by atoms with Crippen molar-refractivity contribution >= 4 is 27.3 Å². The minimum Gasteiger partial charge on any atom is -0.306 e. The lowest BCUT2D eigenvalue weighted by molar-refractivity contribution is 0.442. The first kappa shape index (κ1) is 16.5. The molecular formula is C15H15BrF3NS. The molecule has 2 rings (SSSR count).